The number of hydrogen-bond donors (Lipinski definition) is 2. The molecular weight excluding hydrogens is 273 g/mol. The zero-order chi connectivity index (χ0) is 13.5. The molecule has 0 amide bonds. The molecule has 0 fully saturated rings. The lowest BCUT2D eigenvalue weighted by molar-refractivity contribution is 0.0752. The second-order valence-electron chi connectivity index (χ2n) is 4.03. The van der Waals surface area contributed by atoms with Crippen LogP contribution in [-0.4, -0.2) is 31.0 Å². The zero-order valence-electron chi connectivity index (χ0n) is 10.4. The normalized spacial score (nSPS) is 14.5. The fourth-order valence-corrected chi connectivity index (χ4v) is 2.56. The van der Waals surface area contributed by atoms with Gasteiger partial charge in [0.25, 0.3) is 0 Å². The van der Waals surface area contributed by atoms with Gasteiger partial charge in [0.15, 0.2) is 0 Å². The molecular formula is C13H19Cl2NO2. The molecule has 3 N–H and O–H groups in total. The SMILES string of the molecule is CCOCCC(O)C(CN)c1c(Cl)cccc1Cl. The summed E-state index contributed by atoms with van der Waals surface area (Å²) in [6.07, 6.45) is -0.101. The van der Waals surface area contributed by atoms with Gasteiger partial charge in [-0.3, -0.25) is 0 Å². The number of ether oxygens (including phenoxy) is 1. The second kappa shape index (κ2) is 7.97. The molecule has 0 radical (unpaired) electrons. The van der Waals surface area contributed by atoms with Gasteiger partial charge in [0, 0.05) is 35.7 Å². The standard InChI is InChI=1S/C13H19Cl2NO2/c1-2-18-7-6-12(17)9(8-16)13-10(14)4-3-5-11(13)15/h3-5,9,12,17H,2,6-8,16H2,1H3. The number of hydrogen-bond acceptors (Lipinski definition) is 3. The van der Waals surface area contributed by atoms with Crippen molar-refractivity contribution < 1.29 is 9.84 Å². The van der Waals surface area contributed by atoms with Crippen molar-refractivity contribution in [2.45, 2.75) is 25.4 Å². The molecule has 1 rings (SSSR count). The lowest BCUT2D eigenvalue weighted by Gasteiger charge is -2.23. The third-order valence-electron chi connectivity index (χ3n) is 2.85. The molecule has 0 aromatic heterocycles. The van der Waals surface area contributed by atoms with Crippen molar-refractivity contribution in [3.63, 3.8) is 0 Å². The van der Waals surface area contributed by atoms with Crippen molar-refractivity contribution in [2.75, 3.05) is 19.8 Å². The highest BCUT2D eigenvalue weighted by molar-refractivity contribution is 6.36. The summed E-state index contributed by atoms with van der Waals surface area (Å²) in [5.41, 5.74) is 6.44. The Bertz CT molecular complexity index is 354. The number of rotatable bonds is 7. The van der Waals surface area contributed by atoms with Crippen LogP contribution in [0.15, 0.2) is 18.2 Å². The monoisotopic (exact) mass is 291 g/mol. The average molecular weight is 292 g/mol. The molecule has 0 saturated heterocycles. The Morgan fingerprint density at radius 2 is 1.94 bits per heavy atom. The van der Waals surface area contributed by atoms with Gasteiger partial charge in [-0.25, -0.2) is 0 Å². The molecule has 0 heterocycles. The highest BCUT2D eigenvalue weighted by atomic mass is 35.5. The molecule has 18 heavy (non-hydrogen) atoms. The Morgan fingerprint density at radius 1 is 1.33 bits per heavy atom. The third-order valence-corrected chi connectivity index (χ3v) is 3.51. The summed E-state index contributed by atoms with van der Waals surface area (Å²) in [5, 5.41) is 11.2. The van der Waals surface area contributed by atoms with E-state index in [4.69, 9.17) is 33.7 Å². The van der Waals surface area contributed by atoms with E-state index in [0.717, 1.165) is 0 Å². The summed E-state index contributed by atoms with van der Waals surface area (Å²) in [5.74, 6) is -0.272. The summed E-state index contributed by atoms with van der Waals surface area (Å²) in [6.45, 7) is 3.33. The fourth-order valence-electron chi connectivity index (χ4n) is 1.88. The van der Waals surface area contributed by atoms with Crippen LogP contribution in [-0.2, 0) is 4.74 Å². The Kier molecular flexibility index (Phi) is 6.97. The summed E-state index contributed by atoms with van der Waals surface area (Å²) in [4.78, 5) is 0. The third kappa shape index (κ3) is 4.11. The molecule has 0 aliphatic heterocycles. The molecule has 0 aliphatic rings. The molecule has 1 aromatic rings. The first-order valence-electron chi connectivity index (χ1n) is 6.01. The van der Waals surface area contributed by atoms with Crippen molar-refractivity contribution in [1.82, 2.24) is 0 Å². The van der Waals surface area contributed by atoms with Crippen LogP contribution in [0.3, 0.4) is 0 Å². The highest BCUT2D eigenvalue weighted by Gasteiger charge is 2.24. The molecule has 1 aromatic carbocycles. The number of aliphatic hydroxyl groups excluding tert-OH is 1. The first-order valence-corrected chi connectivity index (χ1v) is 6.77. The lowest BCUT2D eigenvalue weighted by Crippen LogP contribution is -2.27. The molecule has 0 bridgehead atoms. The van der Waals surface area contributed by atoms with E-state index >= 15 is 0 Å². The van der Waals surface area contributed by atoms with Gasteiger partial charge in [0.05, 0.1) is 6.10 Å². The molecule has 0 saturated carbocycles. The van der Waals surface area contributed by atoms with Crippen LogP contribution < -0.4 is 5.73 Å². The Hall–Kier alpha value is -0.320. The van der Waals surface area contributed by atoms with E-state index in [1.807, 2.05) is 6.92 Å². The van der Waals surface area contributed by atoms with E-state index < -0.39 is 6.10 Å². The van der Waals surface area contributed by atoms with Crippen LogP contribution in [0.2, 0.25) is 10.0 Å². The quantitative estimate of drug-likeness (QED) is 0.760. The van der Waals surface area contributed by atoms with Gasteiger partial charge >= 0.3 is 0 Å². The van der Waals surface area contributed by atoms with Gasteiger partial charge in [0.2, 0.25) is 0 Å². The predicted octanol–water partition coefficient (Wildman–Crippen LogP) is 2.82. The second-order valence-corrected chi connectivity index (χ2v) is 4.84. The van der Waals surface area contributed by atoms with Crippen LogP contribution in [0.1, 0.15) is 24.8 Å². The predicted molar refractivity (Wildman–Crippen MR) is 75.4 cm³/mol. The largest absolute Gasteiger partial charge is 0.392 e. The van der Waals surface area contributed by atoms with E-state index in [1.54, 1.807) is 18.2 Å². The molecule has 102 valence electrons. The van der Waals surface area contributed by atoms with E-state index in [0.29, 0.717) is 35.2 Å². The average Bonchev–Trinajstić information content (AvgIpc) is 2.34. The maximum atomic E-state index is 10.2. The maximum Gasteiger partial charge on any atom is 0.0643 e. The maximum absolute atomic E-state index is 10.2. The lowest BCUT2D eigenvalue weighted by atomic mass is 9.91. The molecule has 2 unspecified atom stereocenters. The zero-order valence-corrected chi connectivity index (χ0v) is 11.9. The van der Waals surface area contributed by atoms with Crippen LogP contribution >= 0.6 is 23.2 Å². The van der Waals surface area contributed by atoms with Crippen LogP contribution in [0.5, 0.6) is 0 Å². The Balaban J connectivity index is 2.82. The minimum absolute atomic E-state index is 0.272. The van der Waals surface area contributed by atoms with E-state index in [9.17, 15) is 5.11 Å². The first-order chi connectivity index (χ1) is 8.61. The fraction of sp³-hybridized carbons (Fsp3) is 0.538. The molecule has 0 spiro atoms. The topological polar surface area (TPSA) is 55.5 Å². The molecule has 2 atom stereocenters. The summed E-state index contributed by atoms with van der Waals surface area (Å²) in [7, 11) is 0. The number of aliphatic hydroxyl groups is 1. The highest BCUT2D eigenvalue weighted by Crippen LogP contribution is 2.33. The van der Waals surface area contributed by atoms with Gasteiger partial charge in [-0.15, -0.1) is 0 Å². The van der Waals surface area contributed by atoms with Gasteiger partial charge < -0.3 is 15.6 Å². The van der Waals surface area contributed by atoms with Crippen LogP contribution in [0.4, 0.5) is 0 Å². The van der Waals surface area contributed by atoms with Crippen LogP contribution in [0.25, 0.3) is 0 Å². The summed E-state index contributed by atoms with van der Waals surface area (Å²) < 4.78 is 5.23. The number of halogens is 2. The minimum atomic E-state index is -0.612. The summed E-state index contributed by atoms with van der Waals surface area (Å²) in [6, 6.07) is 5.27. The number of benzene rings is 1. The van der Waals surface area contributed by atoms with Gasteiger partial charge in [-0.1, -0.05) is 29.3 Å². The van der Waals surface area contributed by atoms with E-state index in [-0.39, 0.29) is 12.5 Å². The molecule has 3 nitrogen and oxygen atoms in total. The van der Waals surface area contributed by atoms with Crippen molar-refractivity contribution >= 4 is 23.2 Å². The van der Waals surface area contributed by atoms with E-state index in [2.05, 4.69) is 0 Å². The smallest absolute Gasteiger partial charge is 0.0643 e. The van der Waals surface area contributed by atoms with Crippen LogP contribution in [0, 0.1) is 0 Å². The molecule has 5 heteroatoms. The van der Waals surface area contributed by atoms with E-state index in [1.165, 1.54) is 0 Å². The Labute approximate surface area is 118 Å². The van der Waals surface area contributed by atoms with Crippen molar-refractivity contribution in [3.8, 4) is 0 Å². The number of nitrogens with two attached hydrogens (primary N) is 1. The summed E-state index contributed by atoms with van der Waals surface area (Å²) >= 11 is 12.3. The van der Waals surface area contributed by atoms with Crippen molar-refractivity contribution in [1.29, 1.82) is 0 Å². The van der Waals surface area contributed by atoms with Gasteiger partial charge in [0.1, 0.15) is 0 Å². The van der Waals surface area contributed by atoms with Crippen molar-refractivity contribution in [3.05, 3.63) is 33.8 Å². The Morgan fingerprint density at radius 3 is 2.44 bits per heavy atom. The van der Waals surface area contributed by atoms with Gasteiger partial charge in [-0.2, -0.15) is 0 Å². The molecule has 0 aliphatic carbocycles. The van der Waals surface area contributed by atoms with Gasteiger partial charge in [-0.05, 0) is 31.0 Å². The van der Waals surface area contributed by atoms with Crippen molar-refractivity contribution in [2.24, 2.45) is 5.73 Å². The minimum Gasteiger partial charge on any atom is -0.392 e. The first kappa shape index (κ1) is 15.7.